The van der Waals surface area contributed by atoms with Crippen molar-refractivity contribution in [2.45, 2.75) is 18.9 Å². The van der Waals surface area contributed by atoms with E-state index in [4.69, 9.17) is 16.2 Å². The molecule has 0 fully saturated rings. The molecule has 8 heteroatoms. The van der Waals surface area contributed by atoms with Crippen molar-refractivity contribution in [3.05, 3.63) is 59.7 Å². The summed E-state index contributed by atoms with van der Waals surface area (Å²) in [7, 11) is 0. The van der Waals surface area contributed by atoms with Gasteiger partial charge in [0.15, 0.2) is 5.54 Å². The van der Waals surface area contributed by atoms with Crippen LogP contribution >= 0.6 is 0 Å². The molecule has 4 N–H and O–H groups in total. The summed E-state index contributed by atoms with van der Waals surface area (Å²) < 4.78 is 45.3. The molecule has 1 atom stereocenters. The van der Waals surface area contributed by atoms with Crippen LogP contribution in [0.4, 0.5) is 18.9 Å². The van der Waals surface area contributed by atoms with Gasteiger partial charge in [0.2, 0.25) is 0 Å². The molecule has 0 saturated heterocycles. The number of aliphatic imine (C=N–C) groups is 1. The summed E-state index contributed by atoms with van der Waals surface area (Å²) in [4.78, 5) is 7.59. The summed E-state index contributed by atoms with van der Waals surface area (Å²) in [5.41, 5.74) is 9.86. The lowest BCUT2D eigenvalue weighted by atomic mass is 9.90. The maximum atomic E-state index is 13.7. The number of amidine groups is 1. The van der Waals surface area contributed by atoms with Gasteiger partial charge >= 0.3 is 0 Å². The van der Waals surface area contributed by atoms with Crippen molar-refractivity contribution < 1.29 is 17.9 Å². The number of nitrogens with two attached hydrogens (primary N) is 2. The molecule has 0 unspecified atom stereocenters. The number of hydrogen-bond donors (Lipinski definition) is 2. The lowest BCUT2D eigenvalue weighted by molar-refractivity contribution is -0.0145. The van der Waals surface area contributed by atoms with Gasteiger partial charge in [-0.3, -0.25) is 9.98 Å². The fourth-order valence-electron chi connectivity index (χ4n) is 2.32. The molecule has 0 saturated carbocycles. The number of ether oxygens (including phenoxy) is 1. The van der Waals surface area contributed by atoms with Crippen molar-refractivity contribution in [2.24, 2.45) is 10.7 Å². The Bertz CT molecular complexity index is 740. The average molecular weight is 352 g/mol. The van der Waals surface area contributed by atoms with Gasteiger partial charge in [-0.25, -0.2) is 13.2 Å². The van der Waals surface area contributed by atoms with Crippen LogP contribution in [-0.2, 0) is 10.3 Å². The van der Waals surface area contributed by atoms with Crippen LogP contribution in [0.25, 0.3) is 0 Å². The Morgan fingerprint density at radius 1 is 1.24 bits per heavy atom. The van der Waals surface area contributed by atoms with Gasteiger partial charge in [-0.1, -0.05) is 6.07 Å². The number of aryl methyl sites for hydroxylation is 1. The van der Waals surface area contributed by atoms with Crippen LogP contribution in [0, 0.1) is 12.7 Å². The quantitative estimate of drug-likeness (QED) is 0.814. The first-order chi connectivity index (χ1) is 11.8. The number of halogens is 3. The van der Waals surface area contributed by atoms with Crippen molar-refractivity contribution in [2.75, 3.05) is 18.9 Å². The number of pyridine rings is 1. The molecular formula is C17H19F3N4O. The van der Waals surface area contributed by atoms with E-state index in [-0.39, 0.29) is 23.7 Å². The van der Waals surface area contributed by atoms with Crippen molar-refractivity contribution in [1.29, 1.82) is 0 Å². The zero-order valence-electron chi connectivity index (χ0n) is 13.6. The third-order valence-corrected chi connectivity index (χ3v) is 3.54. The summed E-state index contributed by atoms with van der Waals surface area (Å²) in [6.45, 7) is 1.54. The minimum atomic E-state index is -2.95. The predicted octanol–water partition coefficient (Wildman–Crippen LogP) is 2.65. The molecule has 0 bridgehead atoms. The summed E-state index contributed by atoms with van der Waals surface area (Å²) in [6, 6.07) is 7.39. The van der Waals surface area contributed by atoms with Gasteiger partial charge in [-0.15, -0.1) is 0 Å². The molecule has 1 aromatic carbocycles. The van der Waals surface area contributed by atoms with Gasteiger partial charge in [0.1, 0.15) is 18.3 Å². The first kappa shape index (κ1) is 18.7. The molecule has 0 radical (unpaired) electrons. The lowest BCUT2D eigenvalue weighted by Crippen LogP contribution is -2.45. The number of nitrogen functional groups attached to an aromatic ring is 1. The minimum Gasteiger partial charge on any atom is -0.399 e. The Morgan fingerprint density at radius 2 is 2.00 bits per heavy atom. The highest BCUT2D eigenvalue weighted by Crippen LogP contribution is 2.37. The number of rotatable bonds is 2. The molecule has 2 aromatic rings. The number of aromatic nitrogens is 1. The predicted molar refractivity (Wildman–Crippen MR) is 89.9 cm³/mol. The topological polar surface area (TPSA) is 86.5 Å². The molecule has 25 heavy (non-hydrogen) atoms. The van der Waals surface area contributed by atoms with Gasteiger partial charge in [0, 0.05) is 23.6 Å². The normalized spacial score (nSPS) is 19.8. The van der Waals surface area contributed by atoms with E-state index >= 15 is 0 Å². The second kappa shape index (κ2) is 7.98. The standard InChI is InChI=1S/C11H12F3N3O.C6H7N/c12-8-2-1-6(15)3-7(8)11(10(13)14)5-18-4-9(16)17-11;1-6-3-2-4-7-5-6/h1-3,10H,4-5,15H2,(H2,16,17);2-5H,1H3/t11-;/m0./s1. The number of alkyl halides is 2. The smallest absolute Gasteiger partial charge is 0.269 e. The van der Waals surface area contributed by atoms with Crippen LogP contribution in [0.15, 0.2) is 47.7 Å². The van der Waals surface area contributed by atoms with Crippen LogP contribution in [0.2, 0.25) is 0 Å². The first-order valence-corrected chi connectivity index (χ1v) is 7.47. The molecule has 0 aliphatic carbocycles. The van der Waals surface area contributed by atoms with Crippen LogP contribution in [-0.4, -0.2) is 30.5 Å². The molecule has 5 nitrogen and oxygen atoms in total. The Labute approximate surface area is 143 Å². The largest absolute Gasteiger partial charge is 0.399 e. The Morgan fingerprint density at radius 3 is 2.52 bits per heavy atom. The van der Waals surface area contributed by atoms with Crippen molar-refractivity contribution >= 4 is 11.5 Å². The van der Waals surface area contributed by atoms with Gasteiger partial charge in [-0.2, -0.15) is 0 Å². The van der Waals surface area contributed by atoms with Crippen molar-refractivity contribution in [3.63, 3.8) is 0 Å². The summed E-state index contributed by atoms with van der Waals surface area (Å²) in [6.07, 6.45) is 0.653. The van der Waals surface area contributed by atoms with Crippen molar-refractivity contribution in [1.82, 2.24) is 4.98 Å². The number of anilines is 1. The van der Waals surface area contributed by atoms with Gasteiger partial charge in [-0.05, 0) is 36.8 Å². The van der Waals surface area contributed by atoms with Crippen molar-refractivity contribution in [3.8, 4) is 0 Å². The second-order valence-corrected chi connectivity index (χ2v) is 5.59. The highest BCUT2D eigenvalue weighted by molar-refractivity contribution is 5.82. The molecular weight excluding hydrogens is 333 g/mol. The summed E-state index contributed by atoms with van der Waals surface area (Å²) in [5.74, 6) is -0.907. The second-order valence-electron chi connectivity index (χ2n) is 5.59. The average Bonchev–Trinajstić information content (AvgIpc) is 2.58. The van der Waals surface area contributed by atoms with Gasteiger partial charge < -0.3 is 16.2 Å². The maximum Gasteiger partial charge on any atom is 0.269 e. The molecule has 3 rings (SSSR count). The van der Waals surface area contributed by atoms with E-state index in [0.29, 0.717) is 0 Å². The Kier molecular flexibility index (Phi) is 5.97. The van der Waals surface area contributed by atoms with Crippen LogP contribution < -0.4 is 11.5 Å². The third kappa shape index (κ3) is 4.48. The Hall–Kier alpha value is -2.61. The molecule has 0 amide bonds. The molecule has 1 aromatic heterocycles. The number of nitrogens with zero attached hydrogens (tertiary/aromatic N) is 2. The SMILES string of the molecule is Cc1cccnc1.NC1=N[C@@](c2cc(N)ccc2F)(C(F)F)COC1. The first-order valence-electron chi connectivity index (χ1n) is 7.47. The van der Waals surface area contributed by atoms with E-state index in [2.05, 4.69) is 9.98 Å². The van der Waals surface area contributed by atoms with Crippen LogP contribution in [0.5, 0.6) is 0 Å². The monoisotopic (exact) mass is 352 g/mol. The van der Waals surface area contributed by atoms with E-state index in [0.717, 1.165) is 12.1 Å². The number of benzene rings is 1. The lowest BCUT2D eigenvalue weighted by Gasteiger charge is -2.33. The molecule has 1 aliphatic rings. The highest BCUT2D eigenvalue weighted by atomic mass is 19.3. The zero-order valence-corrected chi connectivity index (χ0v) is 13.6. The van der Waals surface area contributed by atoms with E-state index in [1.807, 2.05) is 25.3 Å². The minimum absolute atomic E-state index is 0.0432. The molecule has 1 aliphatic heterocycles. The van der Waals surface area contributed by atoms with Crippen LogP contribution in [0.1, 0.15) is 11.1 Å². The van der Waals surface area contributed by atoms with Gasteiger partial charge in [0.25, 0.3) is 6.43 Å². The van der Waals surface area contributed by atoms with E-state index in [9.17, 15) is 13.2 Å². The number of hydrogen-bond acceptors (Lipinski definition) is 5. The van der Waals surface area contributed by atoms with Gasteiger partial charge in [0.05, 0.1) is 6.61 Å². The molecule has 134 valence electrons. The summed E-state index contributed by atoms with van der Waals surface area (Å²) in [5, 5.41) is 0. The maximum absolute atomic E-state index is 13.7. The summed E-state index contributed by atoms with van der Waals surface area (Å²) >= 11 is 0. The van der Waals surface area contributed by atoms with E-state index in [1.165, 1.54) is 11.6 Å². The van der Waals surface area contributed by atoms with E-state index in [1.54, 1.807) is 6.20 Å². The highest BCUT2D eigenvalue weighted by Gasteiger charge is 2.46. The molecule has 2 heterocycles. The van der Waals surface area contributed by atoms with Crippen LogP contribution in [0.3, 0.4) is 0 Å². The third-order valence-electron chi connectivity index (χ3n) is 3.54. The fourth-order valence-corrected chi connectivity index (χ4v) is 2.32. The van der Waals surface area contributed by atoms with E-state index < -0.39 is 24.4 Å². The zero-order chi connectivity index (χ0) is 18.4. The Balaban J connectivity index is 0.000000269. The fraction of sp³-hybridized carbons (Fsp3) is 0.294. The molecule has 0 spiro atoms.